The molecule has 0 aliphatic carbocycles. The first-order chi connectivity index (χ1) is 11.8. The van der Waals surface area contributed by atoms with Gasteiger partial charge in [0.1, 0.15) is 5.76 Å². The quantitative estimate of drug-likeness (QED) is 0.743. The van der Waals surface area contributed by atoms with Crippen molar-refractivity contribution in [3.8, 4) is 5.69 Å². The lowest BCUT2D eigenvalue weighted by molar-refractivity contribution is -0.138. The van der Waals surface area contributed by atoms with E-state index in [4.69, 9.17) is 4.42 Å². The van der Waals surface area contributed by atoms with Crippen LogP contribution in [0.1, 0.15) is 28.3 Å². The summed E-state index contributed by atoms with van der Waals surface area (Å²) in [6, 6.07) is 9.61. The smallest absolute Gasteiger partial charge is 0.416 e. The molecule has 4 nitrogen and oxygen atoms in total. The van der Waals surface area contributed by atoms with Crippen molar-refractivity contribution in [1.29, 1.82) is 0 Å². The molecule has 2 aromatic heterocycles. The molecule has 0 unspecified atom stereocenters. The molecule has 1 aromatic carbocycles. The Balaban J connectivity index is 1.86. The molecule has 7 heteroatoms. The van der Waals surface area contributed by atoms with Crippen LogP contribution in [-0.4, -0.2) is 9.78 Å². The van der Waals surface area contributed by atoms with Gasteiger partial charge in [-0.1, -0.05) is 6.07 Å². The molecule has 0 saturated heterocycles. The van der Waals surface area contributed by atoms with Gasteiger partial charge in [0.05, 0.1) is 29.8 Å². The number of rotatable bonds is 5. The van der Waals surface area contributed by atoms with Gasteiger partial charge in [0.2, 0.25) is 0 Å². The van der Waals surface area contributed by atoms with E-state index in [9.17, 15) is 13.2 Å². The van der Waals surface area contributed by atoms with E-state index < -0.39 is 11.7 Å². The highest BCUT2D eigenvalue weighted by Gasteiger charge is 2.33. The Kier molecular flexibility index (Phi) is 4.67. The van der Waals surface area contributed by atoms with Crippen LogP contribution in [0.15, 0.2) is 47.1 Å². The minimum Gasteiger partial charge on any atom is -0.468 e. The van der Waals surface area contributed by atoms with E-state index in [1.165, 1.54) is 17.0 Å². The predicted molar refractivity (Wildman–Crippen MR) is 87.3 cm³/mol. The van der Waals surface area contributed by atoms with Gasteiger partial charge in [0, 0.05) is 12.2 Å². The van der Waals surface area contributed by atoms with Crippen molar-refractivity contribution in [2.45, 2.75) is 33.1 Å². The van der Waals surface area contributed by atoms with Crippen LogP contribution in [0.4, 0.5) is 13.2 Å². The van der Waals surface area contributed by atoms with Crippen molar-refractivity contribution in [3.63, 3.8) is 0 Å². The number of nitrogens with zero attached hydrogens (tertiary/aromatic N) is 2. The summed E-state index contributed by atoms with van der Waals surface area (Å²) in [7, 11) is 0. The molecule has 0 aliphatic heterocycles. The standard InChI is InChI=1S/C18H18F3N3O/c1-12-8-13(2)24(23-12)15-6-5-14(17(9-15)18(19,20)21)10-22-11-16-4-3-7-25-16/h3-9,22H,10-11H2,1-2H3. The zero-order chi connectivity index (χ0) is 18.0. The van der Waals surface area contributed by atoms with Gasteiger partial charge >= 0.3 is 6.18 Å². The van der Waals surface area contributed by atoms with Gasteiger partial charge in [-0.05, 0) is 49.7 Å². The fourth-order valence-electron chi connectivity index (χ4n) is 2.74. The molecule has 0 bridgehead atoms. The second-order valence-electron chi connectivity index (χ2n) is 5.86. The number of hydrogen-bond acceptors (Lipinski definition) is 3. The normalized spacial score (nSPS) is 11.9. The lowest BCUT2D eigenvalue weighted by atomic mass is 10.1. The SMILES string of the molecule is Cc1cc(C)n(-c2ccc(CNCc3ccco3)c(C(F)(F)F)c2)n1. The van der Waals surface area contributed by atoms with Crippen LogP contribution in [0.3, 0.4) is 0 Å². The van der Waals surface area contributed by atoms with Gasteiger partial charge in [-0.15, -0.1) is 0 Å². The average Bonchev–Trinajstić information content (AvgIpc) is 3.16. The molecule has 0 radical (unpaired) electrons. The number of aromatic nitrogens is 2. The lowest BCUT2D eigenvalue weighted by Gasteiger charge is -2.15. The number of halogens is 3. The summed E-state index contributed by atoms with van der Waals surface area (Å²) in [6.07, 6.45) is -2.91. The summed E-state index contributed by atoms with van der Waals surface area (Å²) in [4.78, 5) is 0. The summed E-state index contributed by atoms with van der Waals surface area (Å²) in [6.45, 7) is 4.07. The van der Waals surface area contributed by atoms with E-state index in [1.807, 2.05) is 13.0 Å². The summed E-state index contributed by atoms with van der Waals surface area (Å²) >= 11 is 0. The lowest BCUT2D eigenvalue weighted by Crippen LogP contribution is -2.18. The van der Waals surface area contributed by atoms with Crippen molar-refractivity contribution in [1.82, 2.24) is 15.1 Å². The first-order valence-corrected chi connectivity index (χ1v) is 7.81. The fourth-order valence-corrected chi connectivity index (χ4v) is 2.74. The van der Waals surface area contributed by atoms with Gasteiger partial charge in [0.15, 0.2) is 0 Å². The average molecular weight is 349 g/mol. The van der Waals surface area contributed by atoms with E-state index in [0.29, 0.717) is 18.0 Å². The van der Waals surface area contributed by atoms with Crippen LogP contribution >= 0.6 is 0 Å². The molecule has 3 aromatic rings. The summed E-state index contributed by atoms with van der Waals surface area (Å²) in [5.41, 5.74) is 1.46. The number of aryl methyl sites for hydroxylation is 2. The van der Waals surface area contributed by atoms with Crippen LogP contribution in [0.25, 0.3) is 5.69 Å². The van der Waals surface area contributed by atoms with Gasteiger partial charge in [0.25, 0.3) is 0 Å². The second kappa shape index (κ2) is 6.76. The van der Waals surface area contributed by atoms with Gasteiger partial charge in [-0.2, -0.15) is 18.3 Å². The van der Waals surface area contributed by atoms with Gasteiger partial charge in [-0.3, -0.25) is 0 Å². The van der Waals surface area contributed by atoms with Crippen LogP contribution in [0.5, 0.6) is 0 Å². The summed E-state index contributed by atoms with van der Waals surface area (Å²) < 4.78 is 47.1. The molecule has 0 atom stereocenters. The predicted octanol–water partition coefficient (Wildman–Crippen LogP) is 4.39. The molecule has 0 spiro atoms. The number of furan rings is 1. The molecule has 25 heavy (non-hydrogen) atoms. The molecule has 132 valence electrons. The fraction of sp³-hybridized carbons (Fsp3) is 0.278. The van der Waals surface area contributed by atoms with Gasteiger partial charge < -0.3 is 9.73 Å². The molecule has 2 heterocycles. The number of alkyl halides is 3. The highest BCUT2D eigenvalue weighted by atomic mass is 19.4. The Morgan fingerprint density at radius 2 is 1.92 bits per heavy atom. The number of nitrogens with one attached hydrogen (secondary N) is 1. The highest BCUT2D eigenvalue weighted by molar-refractivity contribution is 5.43. The molecular weight excluding hydrogens is 331 g/mol. The van der Waals surface area contributed by atoms with Crippen molar-refractivity contribution in [2.75, 3.05) is 0 Å². The maximum absolute atomic E-state index is 13.5. The molecule has 0 aliphatic rings. The van der Waals surface area contributed by atoms with Crippen molar-refractivity contribution in [3.05, 3.63) is 70.9 Å². The molecule has 1 N–H and O–H groups in total. The second-order valence-corrected chi connectivity index (χ2v) is 5.86. The third-order valence-corrected chi connectivity index (χ3v) is 3.85. The van der Waals surface area contributed by atoms with E-state index in [-0.39, 0.29) is 12.1 Å². The zero-order valence-electron chi connectivity index (χ0n) is 13.9. The van der Waals surface area contributed by atoms with Crippen LogP contribution in [0.2, 0.25) is 0 Å². The topological polar surface area (TPSA) is 43.0 Å². The summed E-state index contributed by atoms with van der Waals surface area (Å²) in [5.74, 6) is 0.674. The zero-order valence-corrected chi connectivity index (χ0v) is 13.9. The highest BCUT2D eigenvalue weighted by Crippen LogP contribution is 2.33. The largest absolute Gasteiger partial charge is 0.468 e. The van der Waals surface area contributed by atoms with Gasteiger partial charge in [-0.25, -0.2) is 4.68 Å². The Morgan fingerprint density at radius 1 is 1.12 bits per heavy atom. The molecule has 3 rings (SSSR count). The minimum atomic E-state index is -4.44. The van der Waals surface area contributed by atoms with Crippen molar-refractivity contribution in [2.24, 2.45) is 0 Å². The maximum atomic E-state index is 13.5. The van der Waals surface area contributed by atoms with Crippen LogP contribution < -0.4 is 5.32 Å². The van der Waals surface area contributed by atoms with Crippen LogP contribution in [0, 0.1) is 13.8 Å². The summed E-state index contributed by atoms with van der Waals surface area (Å²) in [5, 5.41) is 7.23. The first-order valence-electron chi connectivity index (χ1n) is 7.81. The first kappa shape index (κ1) is 17.3. The molecule has 0 fully saturated rings. The van der Waals surface area contributed by atoms with E-state index in [1.54, 1.807) is 25.1 Å². The number of hydrogen-bond donors (Lipinski definition) is 1. The molecular formula is C18H18F3N3O. The van der Waals surface area contributed by atoms with E-state index >= 15 is 0 Å². The van der Waals surface area contributed by atoms with Crippen molar-refractivity contribution < 1.29 is 17.6 Å². The van der Waals surface area contributed by atoms with E-state index in [2.05, 4.69) is 10.4 Å². The molecule has 0 saturated carbocycles. The Bertz CT molecular complexity index is 851. The number of benzene rings is 1. The van der Waals surface area contributed by atoms with E-state index in [0.717, 1.165) is 17.5 Å². The third-order valence-electron chi connectivity index (χ3n) is 3.85. The third kappa shape index (κ3) is 3.93. The Labute approximate surface area is 143 Å². The van der Waals surface area contributed by atoms with Crippen LogP contribution in [-0.2, 0) is 19.3 Å². The maximum Gasteiger partial charge on any atom is 0.416 e. The Morgan fingerprint density at radius 3 is 2.52 bits per heavy atom. The molecule has 0 amide bonds. The van der Waals surface area contributed by atoms with Crippen molar-refractivity contribution >= 4 is 0 Å². The minimum absolute atomic E-state index is 0.0902. The monoisotopic (exact) mass is 349 g/mol. The Hall–Kier alpha value is -2.54.